The van der Waals surface area contributed by atoms with Crippen LogP contribution in [0.25, 0.3) is 0 Å². The number of rotatable bonds is 3. The van der Waals surface area contributed by atoms with E-state index in [9.17, 15) is 9.59 Å². The number of aryl methyl sites for hydroxylation is 1. The molecule has 1 aromatic rings. The van der Waals surface area contributed by atoms with Gasteiger partial charge in [0.05, 0.1) is 0 Å². The highest BCUT2D eigenvalue weighted by Gasteiger charge is 2.38. The van der Waals surface area contributed by atoms with Crippen LogP contribution in [0.4, 0.5) is 0 Å². The summed E-state index contributed by atoms with van der Waals surface area (Å²) in [5.41, 5.74) is 1.67. The van der Waals surface area contributed by atoms with Crippen LogP contribution < -0.4 is 5.32 Å². The summed E-state index contributed by atoms with van der Waals surface area (Å²) < 4.78 is 0. The fourth-order valence-corrected chi connectivity index (χ4v) is 4.23. The predicted octanol–water partition coefficient (Wildman–Crippen LogP) is 2.94. The van der Waals surface area contributed by atoms with Gasteiger partial charge in [0.1, 0.15) is 0 Å². The lowest BCUT2D eigenvalue weighted by Gasteiger charge is -2.38. The standard InChI is InChI=1S/C20H29N3O2/c1-14-12-21-10-7-16(14)19(25)23-11-8-15(13-23)22-18(24)17-6-4-5-9-20(17,2)3/h7,10,12,15,17H,4-6,8-9,11,13H2,1-3H3,(H,22,24). The number of hydrogen-bond donors (Lipinski definition) is 1. The SMILES string of the molecule is Cc1cnccc1C(=O)N1CCC(NC(=O)C2CCCCC2(C)C)C1. The second-order valence-corrected chi connectivity index (χ2v) is 8.22. The highest BCUT2D eigenvalue weighted by atomic mass is 16.2. The third-order valence-corrected chi connectivity index (χ3v) is 5.90. The van der Waals surface area contributed by atoms with Crippen LogP contribution in [0.5, 0.6) is 0 Å². The Bertz CT molecular complexity index is 656. The van der Waals surface area contributed by atoms with E-state index in [-0.39, 0.29) is 29.2 Å². The van der Waals surface area contributed by atoms with Gasteiger partial charge in [-0.3, -0.25) is 14.6 Å². The molecule has 0 aromatic carbocycles. The first-order valence-corrected chi connectivity index (χ1v) is 9.39. The van der Waals surface area contributed by atoms with Crippen LogP contribution in [-0.2, 0) is 4.79 Å². The number of carbonyl (C=O) groups is 2. The van der Waals surface area contributed by atoms with Gasteiger partial charge in [-0.05, 0) is 43.2 Å². The largest absolute Gasteiger partial charge is 0.351 e. The Morgan fingerprint density at radius 3 is 2.80 bits per heavy atom. The van der Waals surface area contributed by atoms with E-state index < -0.39 is 0 Å². The first-order chi connectivity index (χ1) is 11.9. The van der Waals surface area contributed by atoms with Gasteiger partial charge in [-0.1, -0.05) is 26.7 Å². The zero-order valence-electron chi connectivity index (χ0n) is 15.5. The van der Waals surface area contributed by atoms with E-state index in [4.69, 9.17) is 0 Å². The Morgan fingerprint density at radius 2 is 2.08 bits per heavy atom. The molecule has 136 valence electrons. The second kappa shape index (κ2) is 7.14. The average molecular weight is 343 g/mol. The van der Waals surface area contributed by atoms with E-state index in [0.29, 0.717) is 18.7 Å². The van der Waals surface area contributed by atoms with Crippen LogP contribution in [0.1, 0.15) is 61.9 Å². The fourth-order valence-electron chi connectivity index (χ4n) is 4.23. The quantitative estimate of drug-likeness (QED) is 0.918. The molecule has 3 rings (SSSR count). The van der Waals surface area contributed by atoms with Crippen LogP contribution in [0.15, 0.2) is 18.5 Å². The third kappa shape index (κ3) is 3.86. The van der Waals surface area contributed by atoms with Crippen molar-refractivity contribution in [2.45, 2.75) is 58.9 Å². The molecule has 2 aliphatic rings. The predicted molar refractivity (Wildman–Crippen MR) is 97.2 cm³/mol. The Hall–Kier alpha value is -1.91. The molecule has 5 nitrogen and oxygen atoms in total. The van der Waals surface area contributed by atoms with Crippen molar-refractivity contribution in [3.63, 3.8) is 0 Å². The highest BCUT2D eigenvalue weighted by molar-refractivity contribution is 5.95. The number of likely N-dealkylation sites (tertiary alicyclic amines) is 1. The summed E-state index contributed by atoms with van der Waals surface area (Å²) in [5, 5.41) is 3.21. The molecule has 2 fully saturated rings. The summed E-state index contributed by atoms with van der Waals surface area (Å²) in [7, 11) is 0. The average Bonchev–Trinajstić information content (AvgIpc) is 3.02. The van der Waals surface area contributed by atoms with E-state index in [1.807, 2.05) is 11.8 Å². The van der Waals surface area contributed by atoms with Crippen LogP contribution in [0, 0.1) is 18.3 Å². The van der Waals surface area contributed by atoms with E-state index in [2.05, 4.69) is 24.1 Å². The van der Waals surface area contributed by atoms with Crippen molar-refractivity contribution < 1.29 is 9.59 Å². The number of carbonyl (C=O) groups excluding carboxylic acids is 2. The Labute approximate surface area is 150 Å². The Kier molecular flexibility index (Phi) is 5.11. The van der Waals surface area contributed by atoms with Gasteiger partial charge in [0.25, 0.3) is 5.91 Å². The molecule has 1 aliphatic heterocycles. The number of nitrogens with one attached hydrogen (secondary N) is 1. The molecule has 2 atom stereocenters. The molecule has 0 radical (unpaired) electrons. The number of pyridine rings is 1. The normalized spacial score (nSPS) is 25.6. The van der Waals surface area contributed by atoms with Gasteiger partial charge >= 0.3 is 0 Å². The topological polar surface area (TPSA) is 62.3 Å². The summed E-state index contributed by atoms with van der Waals surface area (Å²) in [4.78, 5) is 31.3. The molecule has 1 saturated carbocycles. The van der Waals surface area contributed by atoms with E-state index >= 15 is 0 Å². The maximum absolute atomic E-state index is 12.7. The zero-order valence-corrected chi connectivity index (χ0v) is 15.5. The van der Waals surface area contributed by atoms with E-state index in [1.165, 1.54) is 6.42 Å². The van der Waals surface area contributed by atoms with Crippen LogP contribution in [0.2, 0.25) is 0 Å². The molecule has 2 unspecified atom stereocenters. The molecule has 0 bridgehead atoms. The van der Waals surface area contributed by atoms with E-state index in [0.717, 1.165) is 31.2 Å². The summed E-state index contributed by atoms with van der Waals surface area (Å²) in [6, 6.07) is 1.84. The van der Waals surface area contributed by atoms with Crippen molar-refractivity contribution in [2.75, 3.05) is 13.1 Å². The van der Waals surface area contributed by atoms with Crippen molar-refractivity contribution in [1.29, 1.82) is 0 Å². The van der Waals surface area contributed by atoms with E-state index in [1.54, 1.807) is 18.5 Å². The van der Waals surface area contributed by atoms with Gasteiger partial charge < -0.3 is 10.2 Å². The summed E-state index contributed by atoms with van der Waals surface area (Å²) >= 11 is 0. The number of aromatic nitrogens is 1. The minimum Gasteiger partial charge on any atom is -0.351 e. The lowest BCUT2D eigenvalue weighted by molar-refractivity contribution is -0.130. The monoisotopic (exact) mass is 343 g/mol. The summed E-state index contributed by atoms with van der Waals surface area (Å²) in [6.45, 7) is 7.60. The molecule has 1 N–H and O–H groups in total. The number of hydrogen-bond acceptors (Lipinski definition) is 3. The van der Waals surface area contributed by atoms with Crippen molar-refractivity contribution in [2.24, 2.45) is 11.3 Å². The van der Waals surface area contributed by atoms with Crippen LogP contribution >= 0.6 is 0 Å². The molecule has 25 heavy (non-hydrogen) atoms. The molecule has 1 aromatic heterocycles. The molecule has 2 heterocycles. The molecule has 0 spiro atoms. The van der Waals surface area contributed by atoms with Gasteiger partial charge in [0.2, 0.25) is 5.91 Å². The van der Waals surface area contributed by atoms with Crippen LogP contribution in [0.3, 0.4) is 0 Å². The fraction of sp³-hybridized carbons (Fsp3) is 0.650. The number of amides is 2. The first kappa shape index (κ1) is 17.9. The molecule has 1 saturated heterocycles. The Balaban J connectivity index is 1.59. The van der Waals surface area contributed by atoms with Crippen molar-refractivity contribution >= 4 is 11.8 Å². The van der Waals surface area contributed by atoms with Crippen molar-refractivity contribution in [3.05, 3.63) is 29.6 Å². The minimum atomic E-state index is 0.0367. The van der Waals surface area contributed by atoms with Gasteiger partial charge in [-0.25, -0.2) is 0 Å². The maximum Gasteiger partial charge on any atom is 0.254 e. The molecule has 2 amide bonds. The molecule has 1 aliphatic carbocycles. The third-order valence-electron chi connectivity index (χ3n) is 5.90. The van der Waals surface area contributed by atoms with Crippen molar-refractivity contribution in [1.82, 2.24) is 15.2 Å². The number of nitrogens with zero attached hydrogens (tertiary/aromatic N) is 2. The second-order valence-electron chi connectivity index (χ2n) is 8.22. The summed E-state index contributed by atoms with van der Waals surface area (Å²) in [5.74, 6) is 0.298. The summed E-state index contributed by atoms with van der Waals surface area (Å²) in [6.07, 6.45) is 8.64. The van der Waals surface area contributed by atoms with Gasteiger partial charge in [-0.2, -0.15) is 0 Å². The Morgan fingerprint density at radius 1 is 1.28 bits per heavy atom. The smallest absolute Gasteiger partial charge is 0.254 e. The van der Waals surface area contributed by atoms with Gasteiger partial charge in [0, 0.05) is 43.0 Å². The molecular formula is C20H29N3O2. The van der Waals surface area contributed by atoms with Gasteiger partial charge in [0.15, 0.2) is 0 Å². The van der Waals surface area contributed by atoms with Crippen LogP contribution in [-0.4, -0.2) is 40.8 Å². The maximum atomic E-state index is 12.7. The zero-order chi connectivity index (χ0) is 18.0. The van der Waals surface area contributed by atoms with Crippen molar-refractivity contribution in [3.8, 4) is 0 Å². The lowest BCUT2D eigenvalue weighted by atomic mass is 9.68. The highest BCUT2D eigenvalue weighted by Crippen LogP contribution is 2.40. The first-order valence-electron chi connectivity index (χ1n) is 9.39. The lowest BCUT2D eigenvalue weighted by Crippen LogP contribution is -2.46. The molecular weight excluding hydrogens is 314 g/mol. The molecule has 5 heteroatoms. The minimum absolute atomic E-state index is 0.0367. The van der Waals surface area contributed by atoms with Gasteiger partial charge in [-0.15, -0.1) is 0 Å².